The molecule has 5 nitrogen and oxygen atoms in total. The molecule has 114 valence electrons. The monoisotopic (exact) mass is 290 g/mol. The van der Waals surface area contributed by atoms with E-state index < -0.39 is 5.72 Å². The van der Waals surface area contributed by atoms with Gasteiger partial charge < -0.3 is 14.8 Å². The molecule has 2 amide bonds. The van der Waals surface area contributed by atoms with Crippen molar-refractivity contribution in [3.05, 3.63) is 23.3 Å². The highest BCUT2D eigenvalue weighted by Crippen LogP contribution is 2.47. The zero-order chi connectivity index (χ0) is 15.4. The van der Waals surface area contributed by atoms with E-state index in [2.05, 4.69) is 5.32 Å². The molecule has 21 heavy (non-hydrogen) atoms. The quantitative estimate of drug-likeness (QED) is 0.911. The molecule has 1 fully saturated rings. The summed E-state index contributed by atoms with van der Waals surface area (Å²) in [5.41, 5.74) is 1.52. The minimum Gasteiger partial charge on any atom is -0.497 e. The smallest absolute Gasteiger partial charge is 0.321 e. The second-order valence-corrected chi connectivity index (χ2v) is 6.30. The van der Waals surface area contributed by atoms with Gasteiger partial charge in [0.1, 0.15) is 11.5 Å². The van der Waals surface area contributed by atoms with Crippen LogP contribution in [0.2, 0.25) is 0 Å². The number of amides is 2. The minimum atomic E-state index is -0.618. The molecular formula is C16H22N2O3. The van der Waals surface area contributed by atoms with Crippen molar-refractivity contribution in [2.24, 2.45) is 0 Å². The van der Waals surface area contributed by atoms with Crippen molar-refractivity contribution >= 4 is 6.03 Å². The van der Waals surface area contributed by atoms with Crippen molar-refractivity contribution in [3.8, 4) is 11.5 Å². The number of nitrogens with zero attached hydrogens (tertiary/aromatic N) is 1. The molecule has 1 aromatic rings. The molecule has 2 aliphatic rings. The Balaban J connectivity index is 2.11. The highest BCUT2D eigenvalue weighted by Gasteiger charge is 2.50. The number of hydrogen-bond acceptors (Lipinski definition) is 3. The number of fused-ring (bicyclic) bond motifs is 4. The first-order valence-corrected chi connectivity index (χ1v) is 7.33. The summed E-state index contributed by atoms with van der Waals surface area (Å²) in [4.78, 5) is 14.2. The largest absolute Gasteiger partial charge is 0.497 e. The first-order valence-electron chi connectivity index (χ1n) is 7.33. The topological polar surface area (TPSA) is 50.8 Å². The highest BCUT2D eigenvalue weighted by molar-refractivity contribution is 5.78. The average Bonchev–Trinajstić information content (AvgIpc) is 2.35. The second kappa shape index (κ2) is 4.55. The van der Waals surface area contributed by atoms with Crippen LogP contribution in [0.1, 0.15) is 44.4 Å². The van der Waals surface area contributed by atoms with Crippen LogP contribution in [0.15, 0.2) is 12.1 Å². The molecule has 0 aromatic heterocycles. The lowest BCUT2D eigenvalue weighted by Gasteiger charge is -2.52. The normalized spacial score (nSPS) is 27.0. The Bertz CT molecular complexity index is 599. The van der Waals surface area contributed by atoms with Gasteiger partial charge in [-0.1, -0.05) is 0 Å². The van der Waals surface area contributed by atoms with Crippen LogP contribution in [-0.2, 0) is 0 Å². The van der Waals surface area contributed by atoms with E-state index in [1.54, 1.807) is 12.0 Å². The summed E-state index contributed by atoms with van der Waals surface area (Å²) >= 11 is 0. The Morgan fingerprint density at radius 2 is 2.19 bits per heavy atom. The van der Waals surface area contributed by atoms with Gasteiger partial charge in [-0.25, -0.2) is 4.79 Å². The fraction of sp³-hybridized carbons (Fsp3) is 0.562. The lowest BCUT2D eigenvalue weighted by Crippen LogP contribution is -2.66. The number of carbonyl (C=O) groups excluding carboxylic acids is 1. The molecule has 2 heterocycles. The van der Waals surface area contributed by atoms with Crippen LogP contribution >= 0.6 is 0 Å². The van der Waals surface area contributed by atoms with Gasteiger partial charge in [-0.2, -0.15) is 0 Å². The van der Waals surface area contributed by atoms with Crippen LogP contribution in [0.3, 0.4) is 0 Å². The molecule has 1 saturated heterocycles. The molecule has 2 bridgehead atoms. The lowest BCUT2D eigenvalue weighted by atomic mass is 9.87. The molecule has 1 aromatic carbocycles. The molecule has 0 spiro atoms. The Hall–Kier alpha value is -1.91. The Morgan fingerprint density at radius 1 is 1.48 bits per heavy atom. The van der Waals surface area contributed by atoms with Gasteiger partial charge in [0.05, 0.1) is 13.2 Å². The molecule has 0 radical (unpaired) electrons. The Kier molecular flexibility index (Phi) is 3.04. The van der Waals surface area contributed by atoms with Crippen LogP contribution in [0.5, 0.6) is 11.5 Å². The van der Waals surface area contributed by atoms with E-state index in [-0.39, 0.29) is 18.1 Å². The van der Waals surface area contributed by atoms with E-state index in [1.807, 2.05) is 39.8 Å². The molecule has 2 unspecified atom stereocenters. The van der Waals surface area contributed by atoms with Crippen LogP contribution in [0.25, 0.3) is 0 Å². The summed E-state index contributed by atoms with van der Waals surface area (Å²) in [6.45, 7) is 8.01. The summed E-state index contributed by atoms with van der Waals surface area (Å²) in [7, 11) is 1.65. The molecule has 2 aliphatic heterocycles. The van der Waals surface area contributed by atoms with E-state index >= 15 is 0 Å². The first-order chi connectivity index (χ1) is 9.85. The van der Waals surface area contributed by atoms with Gasteiger partial charge in [0.15, 0.2) is 5.72 Å². The SMILES string of the molecule is COc1cc(C)c2c(c1)OC1(C)CC2NC(=O)N1C(C)C. The van der Waals surface area contributed by atoms with Gasteiger partial charge in [0.25, 0.3) is 0 Å². The van der Waals surface area contributed by atoms with Crippen molar-refractivity contribution in [3.63, 3.8) is 0 Å². The fourth-order valence-electron chi connectivity index (χ4n) is 3.63. The summed E-state index contributed by atoms with van der Waals surface area (Å²) < 4.78 is 11.6. The van der Waals surface area contributed by atoms with Gasteiger partial charge in [-0.05, 0) is 39.3 Å². The molecule has 3 rings (SSSR count). The second-order valence-electron chi connectivity index (χ2n) is 6.30. The Morgan fingerprint density at radius 3 is 2.81 bits per heavy atom. The predicted molar refractivity (Wildman–Crippen MR) is 79.6 cm³/mol. The number of carbonyl (C=O) groups is 1. The van der Waals surface area contributed by atoms with E-state index in [0.29, 0.717) is 0 Å². The number of benzene rings is 1. The minimum absolute atomic E-state index is 0.00726. The summed E-state index contributed by atoms with van der Waals surface area (Å²) in [5, 5.41) is 3.11. The van der Waals surface area contributed by atoms with Crippen molar-refractivity contribution in [1.29, 1.82) is 0 Å². The zero-order valence-electron chi connectivity index (χ0n) is 13.2. The van der Waals surface area contributed by atoms with Gasteiger partial charge in [-0.15, -0.1) is 0 Å². The average molecular weight is 290 g/mol. The molecular weight excluding hydrogens is 268 g/mol. The molecule has 1 N–H and O–H groups in total. The maximum absolute atomic E-state index is 12.4. The zero-order valence-corrected chi connectivity index (χ0v) is 13.2. The third-order valence-corrected chi connectivity index (χ3v) is 4.36. The number of hydrogen-bond donors (Lipinski definition) is 1. The summed E-state index contributed by atoms with van der Waals surface area (Å²) in [6, 6.07) is 3.88. The molecule has 5 heteroatoms. The first kappa shape index (κ1) is 14.0. The lowest BCUT2D eigenvalue weighted by molar-refractivity contribution is -0.0965. The third-order valence-electron chi connectivity index (χ3n) is 4.36. The standard InChI is InChI=1S/C16H22N2O3/c1-9(2)18-15(19)17-12-8-16(18,4)21-13-7-11(20-5)6-10(3)14(12)13/h6-7,9,12H,8H2,1-5H3,(H,17,19). The predicted octanol–water partition coefficient (Wildman–Crippen LogP) is 2.98. The highest BCUT2D eigenvalue weighted by atomic mass is 16.5. The van der Waals surface area contributed by atoms with Crippen molar-refractivity contribution in [2.45, 2.75) is 51.9 Å². The van der Waals surface area contributed by atoms with Gasteiger partial charge >= 0.3 is 6.03 Å². The number of urea groups is 1. The van der Waals surface area contributed by atoms with E-state index in [0.717, 1.165) is 29.0 Å². The van der Waals surface area contributed by atoms with Crippen LogP contribution in [0, 0.1) is 6.92 Å². The van der Waals surface area contributed by atoms with E-state index in [1.165, 1.54) is 0 Å². The van der Waals surface area contributed by atoms with Crippen molar-refractivity contribution < 1.29 is 14.3 Å². The van der Waals surface area contributed by atoms with E-state index in [4.69, 9.17) is 9.47 Å². The number of rotatable bonds is 2. The third kappa shape index (κ3) is 2.03. The molecule has 0 aliphatic carbocycles. The van der Waals surface area contributed by atoms with Crippen molar-refractivity contribution in [2.75, 3.05) is 7.11 Å². The maximum atomic E-state index is 12.4. The van der Waals surface area contributed by atoms with Crippen LogP contribution < -0.4 is 14.8 Å². The van der Waals surface area contributed by atoms with Crippen molar-refractivity contribution in [1.82, 2.24) is 10.2 Å². The summed E-state index contributed by atoms with van der Waals surface area (Å²) in [5.74, 6) is 1.58. The van der Waals surface area contributed by atoms with Crippen LogP contribution in [-0.4, -0.2) is 29.8 Å². The van der Waals surface area contributed by atoms with Gasteiger partial charge in [0.2, 0.25) is 0 Å². The summed E-state index contributed by atoms with van der Waals surface area (Å²) in [6.07, 6.45) is 0.747. The maximum Gasteiger partial charge on any atom is 0.321 e. The molecule has 0 saturated carbocycles. The van der Waals surface area contributed by atoms with Gasteiger partial charge in [0, 0.05) is 24.1 Å². The number of ether oxygens (including phenoxy) is 2. The fourth-order valence-corrected chi connectivity index (χ4v) is 3.63. The molecule has 2 atom stereocenters. The number of nitrogens with one attached hydrogen (secondary N) is 1. The number of aryl methyl sites for hydroxylation is 1. The van der Waals surface area contributed by atoms with Crippen LogP contribution in [0.4, 0.5) is 4.79 Å². The van der Waals surface area contributed by atoms with Gasteiger partial charge in [-0.3, -0.25) is 4.90 Å². The number of methoxy groups -OCH3 is 1. The Labute approximate surface area is 125 Å². The van der Waals surface area contributed by atoms with E-state index in [9.17, 15) is 4.79 Å².